The van der Waals surface area contributed by atoms with Gasteiger partial charge in [0, 0.05) is 6.07 Å². The van der Waals surface area contributed by atoms with E-state index < -0.39 is 0 Å². The zero-order valence-electron chi connectivity index (χ0n) is 8.93. The van der Waals surface area contributed by atoms with Gasteiger partial charge in [-0.05, 0) is 17.2 Å². The van der Waals surface area contributed by atoms with Crippen LogP contribution >= 0.6 is 11.8 Å². The lowest BCUT2D eigenvalue weighted by Gasteiger charge is -1.83. The molecule has 15 heavy (non-hydrogen) atoms. The molecule has 1 aromatic heterocycles. The molecule has 0 unspecified atom stereocenters. The van der Waals surface area contributed by atoms with Gasteiger partial charge < -0.3 is 4.42 Å². The number of fused-ring (bicyclic) bond motifs is 1. The van der Waals surface area contributed by atoms with E-state index in [0.29, 0.717) is 0 Å². The molecule has 2 aromatic rings. The molecule has 0 atom stereocenters. The minimum Gasteiger partial charge on any atom is -0.398 e. The molecule has 3 heteroatoms. The van der Waals surface area contributed by atoms with Crippen LogP contribution in [-0.4, -0.2) is 5.75 Å². The number of oxazole rings is 1. The van der Waals surface area contributed by atoms with E-state index in [4.69, 9.17) is 4.42 Å². The summed E-state index contributed by atoms with van der Waals surface area (Å²) >= 11 is 1.77. The van der Waals surface area contributed by atoms with Gasteiger partial charge >= 0.3 is 5.89 Å². The molecule has 0 amide bonds. The molecular formula is C12H14NOS+. The second-order valence-corrected chi connectivity index (χ2v) is 4.41. The molecular weight excluding hydrogens is 206 g/mol. The number of aromatic nitrogens is 1. The quantitative estimate of drug-likeness (QED) is 0.740. The lowest BCUT2D eigenvalue weighted by Crippen LogP contribution is -2.29. The lowest BCUT2D eigenvalue weighted by atomic mass is 10.3. The van der Waals surface area contributed by atoms with Crippen molar-refractivity contribution in [2.75, 3.05) is 5.75 Å². The first-order chi connectivity index (χ1) is 7.33. The van der Waals surface area contributed by atoms with E-state index in [2.05, 4.69) is 23.0 Å². The minimum absolute atomic E-state index is 0.886. The fourth-order valence-corrected chi connectivity index (χ4v) is 1.87. The zero-order valence-corrected chi connectivity index (χ0v) is 9.75. The number of hydrogen-bond acceptors (Lipinski definition) is 2. The van der Waals surface area contributed by atoms with E-state index in [1.165, 1.54) is 0 Å². The van der Waals surface area contributed by atoms with Crippen molar-refractivity contribution in [3.63, 3.8) is 0 Å². The van der Waals surface area contributed by atoms with Crippen molar-refractivity contribution < 1.29 is 8.98 Å². The molecule has 1 heterocycles. The third kappa shape index (κ3) is 2.07. The van der Waals surface area contributed by atoms with Gasteiger partial charge in [0.15, 0.2) is 0 Å². The van der Waals surface area contributed by atoms with Gasteiger partial charge in [-0.15, -0.1) is 11.8 Å². The molecule has 0 spiro atoms. The van der Waals surface area contributed by atoms with Crippen molar-refractivity contribution in [3.05, 3.63) is 35.6 Å². The van der Waals surface area contributed by atoms with Gasteiger partial charge in [0.2, 0.25) is 5.58 Å². The summed E-state index contributed by atoms with van der Waals surface area (Å²) in [5, 5.41) is 2.07. The van der Waals surface area contributed by atoms with Crippen molar-refractivity contribution in [1.29, 1.82) is 0 Å². The average molecular weight is 220 g/mol. The Balaban J connectivity index is 2.40. The Hall–Kier alpha value is -1.22. The maximum Gasteiger partial charge on any atom is 0.374 e. The van der Waals surface area contributed by atoms with Gasteiger partial charge in [0.05, 0.1) is 6.08 Å². The standard InChI is InChI=1S/C12H14NOS/c1-3-15-9-8-12-13(2)10-6-4-5-7-11(10)14-12/h4-9H,3H2,1-2H3/q+1. The SMILES string of the molecule is CCSC=Cc1oc2ccccc2[n+]1C. The van der Waals surface area contributed by atoms with E-state index >= 15 is 0 Å². The highest BCUT2D eigenvalue weighted by Crippen LogP contribution is 2.14. The Morgan fingerprint density at radius 1 is 1.40 bits per heavy atom. The Bertz CT molecular complexity index is 487. The summed E-state index contributed by atoms with van der Waals surface area (Å²) in [7, 11) is 2.02. The highest BCUT2D eigenvalue weighted by atomic mass is 32.2. The summed E-state index contributed by atoms with van der Waals surface area (Å²) < 4.78 is 7.77. The van der Waals surface area contributed by atoms with Crippen LogP contribution in [-0.2, 0) is 7.05 Å². The second-order valence-electron chi connectivity index (χ2n) is 3.23. The molecule has 0 aliphatic rings. The van der Waals surface area contributed by atoms with Crippen LogP contribution in [0.4, 0.5) is 0 Å². The van der Waals surface area contributed by atoms with Crippen LogP contribution in [0.2, 0.25) is 0 Å². The molecule has 2 rings (SSSR count). The van der Waals surface area contributed by atoms with Gasteiger partial charge in [0.1, 0.15) is 7.05 Å². The summed E-state index contributed by atoms with van der Waals surface area (Å²) in [5.41, 5.74) is 2.06. The Labute approximate surface area is 93.6 Å². The van der Waals surface area contributed by atoms with Gasteiger partial charge in [0.25, 0.3) is 5.52 Å². The molecule has 0 saturated carbocycles. The number of para-hydroxylation sites is 2. The van der Waals surface area contributed by atoms with Crippen LogP contribution in [0.1, 0.15) is 12.8 Å². The van der Waals surface area contributed by atoms with Crippen LogP contribution in [0.5, 0.6) is 0 Å². The fourth-order valence-electron chi connectivity index (χ4n) is 1.47. The number of nitrogens with zero attached hydrogens (tertiary/aromatic N) is 1. The number of aryl methyl sites for hydroxylation is 1. The third-order valence-corrected chi connectivity index (χ3v) is 2.91. The maximum atomic E-state index is 5.71. The van der Waals surface area contributed by atoms with Crippen molar-refractivity contribution >= 4 is 28.9 Å². The first-order valence-electron chi connectivity index (χ1n) is 4.98. The van der Waals surface area contributed by atoms with Gasteiger partial charge in [-0.25, -0.2) is 0 Å². The van der Waals surface area contributed by atoms with Gasteiger partial charge in [-0.2, -0.15) is 4.57 Å². The van der Waals surface area contributed by atoms with E-state index in [1.807, 2.05) is 31.3 Å². The zero-order chi connectivity index (χ0) is 10.7. The highest BCUT2D eigenvalue weighted by molar-refractivity contribution is 8.02. The molecule has 0 bridgehead atoms. The Morgan fingerprint density at radius 3 is 2.93 bits per heavy atom. The van der Waals surface area contributed by atoms with Gasteiger partial charge in [-0.1, -0.05) is 19.1 Å². The normalized spacial score (nSPS) is 11.6. The summed E-state index contributed by atoms with van der Waals surface area (Å²) in [6.07, 6.45) is 2.01. The Morgan fingerprint density at radius 2 is 2.20 bits per heavy atom. The average Bonchev–Trinajstić information content (AvgIpc) is 2.57. The van der Waals surface area contributed by atoms with E-state index in [9.17, 15) is 0 Å². The van der Waals surface area contributed by atoms with Crippen molar-refractivity contribution in [3.8, 4) is 0 Å². The van der Waals surface area contributed by atoms with E-state index in [-0.39, 0.29) is 0 Å². The molecule has 0 aliphatic carbocycles. The predicted octanol–water partition coefficient (Wildman–Crippen LogP) is 2.98. The molecule has 0 radical (unpaired) electrons. The number of rotatable bonds is 3. The first-order valence-corrected chi connectivity index (χ1v) is 6.03. The summed E-state index contributed by atoms with van der Waals surface area (Å²) in [6, 6.07) is 8.05. The Kier molecular flexibility index (Phi) is 3.11. The molecule has 78 valence electrons. The van der Waals surface area contributed by atoms with Gasteiger partial charge in [-0.3, -0.25) is 0 Å². The second kappa shape index (κ2) is 4.53. The smallest absolute Gasteiger partial charge is 0.374 e. The minimum atomic E-state index is 0.886. The topological polar surface area (TPSA) is 17.0 Å². The molecule has 0 N–H and O–H groups in total. The number of hydrogen-bond donors (Lipinski definition) is 0. The van der Waals surface area contributed by atoms with Crippen molar-refractivity contribution in [1.82, 2.24) is 0 Å². The van der Waals surface area contributed by atoms with E-state index in [0.717, 1.165) is 22.7 Å². The van der Waals surface area contributed by atoms with Crippen molar-refractivity contribution in [2.45, 2.75) is 6.92 Å². The third-order valence-electron chi connectivity index (χ3n) is 2.25. The summed E-state index contributed by atoms with van der Waals surface area (Å²) in [6.45, 7) is 2.13. The number of thioether (sulfide) groups is 1. The highest BCUT2D eigenvalue weighted by Gasteiger charge is 2.14. The first kappa shape index (κ1) is 10.3. The molecule has 0 saturated heterocycles. The largest absolute Gasteiger partial charge is 0.398 e. The maximum absolute atomic E-state index is 5.71. The molecule has 0 fully saturated rings. The fraction of sp³-hybridized carbons (Fsp3) is 0.250. The van der Waals surface area contributed by atoms with Crippen molar-refractivity contribution in [2.24, 2.45) is 7.05 Å². The molecule has 0 aliphatic heterocycles. The van der Waals surface area contributed by atoms with Crippen LogP contribution in [0, 0.1) is 0 Å². The van der Waals surface area contributed by atoms with Crippen LogP contribution in [0.3, 0.4) is 0 Å². The predicted molar refractivity (Wildman–Crippen MR) is 64.6 cm³/mol. The monoisotopic (exact) mass is 220 g/mol. The van der Waals surface area contributed by atoms with Crippen LogP contribution < -0.4 is 4.57 Å². The lowest BCUT2D eigenvalue weighted by molar-refractivity contribution is -0.652. The molecule has 1 aromatic carbocycles. The summed E-state index contributed by atoms with van der Waals surface area (Å²) in [5.74, 6) is 1.97. The molecule has 2 nitrogen and oxygen atoms in total. The summed E-state index contributed by atoms with van der Waals surface area (Å²) in [4.78, 5) is 0. The van der Waals surface area contributed by atoms with Crippen LogP contribution in [0.15, 0.2) is 34.1 Å². The van der Waals surface area contributed by atoms with E-state index in [1.54, 1.807) is 11.8 Å². The number of benzene rings is 1. The van der Waals surface area contributed by atoms with Crippen LogP contribution in [0.25, 0.3) is 17.2 Å².